The molecule has 5 heteroatoms. The van der Waals surface area contributed by atoms with Crippen molar-refractivity contribution in [1.82, 2.24) is 9.55 Å². The molecule has 4 nitrogen and oxygen atoms in total. The molecule has 0 saturated carbocycles. The molecular formula is C22H20N2O2S. The van der Waals surface area contributed by atoms with Gasteiger partial charge in [-0.15, -0.1) is 11.3 Å². The number of fused-ring (bicyclic) bond motifs is 2. The van der Waals surface area contributed by atoms with Gasteiger partial charge in [-0.25, -0.2) is 4.98 Å². The Labute approximate surface area is 160 Å². The van der Waals surface area contributed by atoms with E-state index in [1.165, 1.54) is 11.3 Å². The summed E-state index contributed by atoms with van der Waals surface area (Å²) in [5, 5.41) is 0.769. The number of hydrogen-bond donors (Lipinski definition) is 0. The second-order valence-electron chi connectivity index (χ2n) is 7.17. The van der Waals surface area contributed by atoms with Gasteiger partial charge >= 0.3 is 0 Å². The predicted octanol–water partition coefficient (Wildman–Crippen LogP) is 4.60. The summed E-state index contributed by atoms with van der Waals surface area (Å²) in [6.45, 7) is 6.63. The van der Waals surface area contributed by atoms with Crippen molar-refractivity contribution >= 4 is 31.6 Å². The van der Waals surface area contributed by atoms with E-state index in [1.54, 1.807) is 10.6 Å². The van der Waals surface area contributed by atoms with Crippen molar-refractivity contribution in [1.29, 1.82) is 0 Å². The summed E-state index contributed by atoms with van der Waals surface area (Å²) in [7, 11) is 0. The quantitative estimate of drug-likeness (QED) is 0.491. The molecule has 0 spiro atoms. The molecule has 0 radical (unpaired) electrons. The van der Waals surface area contributed by atoms with Crippen LogP contribution in [-0.2, 0) is 6.54 Å². The molecule has 0 amide bonds. The first-order valence-corrected chi connectivity index (χ1v) is 9.81. The molecule has 0 fully saturated rings. The third-order valence-corrected chi connectivity index (χ3v) is 5.70. The second kappa shape index (κ2) is 6.74. The van der Waals surface area contributed by atoms with Crippen LogP contribution >= 0.6 is 11.3 Å². The highest BCUT2D eigenvalue weighted by atomic mass is 32.1. The Balaban J connectivity index is 2.17. The van der Waals surface area contributed by atoms with Gasteiger partial charge in [0, 0.05) is 22.2 Å². The van der Waals surface area contributed by atoms with Crippen LogP contribution in [0.3, 0.4) is 0 Å². The number of nitrogens with zero attached hydrogens (tertiary/aromatic N) is 2. The first-order valence-electron chi connectivity index (χ1n) is 8.99. The van der Waals surface area contributed by atoms with Crippen LogP contribution in [-0.4, -0.2) is 9.55 Å². The van der Waals surface area contributed by atoms with Crippen LogP contribution in [0.2, 0.25) is 0 Å². The van der Waals surface area contributed by atoms with Crippen molar-refractivity contribution < 1.29 is 0 Å². The molecule has 27 heavy (non-hydrogen) atoms. The maximum absolute atomic E-state index is 13.4. The van der Waals surface area contributed by atoms with Gasteiger partial charge in [-0.2, -0.15) is 0 Å². The van der Waals surface area contributed by atoms with Crippen LogP contribution in [0.25, 0.3) is 31.7 Å². The van der Waals surface area contributed by atoms with E-state index < -0.39 is 0 Å². The average molecular weight is 376 g/mol. The molecule has 4 rings (SSSR count). The number of hydrogen-bond acceptors (Lipinski definition) is 4. The minimum atomic E-state index is -0.251. The lowest BCUT2D eigenvalue weighted by atomic mass is 10.1. The SMILES string of the molecule is Cc1ccccc1-c1nc2sc3ccccc3c(=O)c2c(=O)n1CC(C)C. The highest BCUT2D eigenvalue weighted by Gasteiger charge is 2.18. The van der Waals surface area contributed by atoms with Crippen LogP contribution in [0.4, 0.5) is 0 Å². The van der Waals surface area contributed by atoms with Gasteiger partial charge in [0.1, 0.15) is 16.0 Å². The summed E-state index contributed by atoms with van der Waals surface area (Å²) in [5.74, 6) is 0.884. The molecule has 2 aromatic carbocycles. The Bertz CT molecular complexity index is 1290. The van der Waals surface area contributed by atoms with E-state index in [4.69, 9.17) is 4.98 Å². The van der Waals surface area contributed by atoms with Gasteiger partial charge in [-0.1, -0.05) is 50.2 Å². The minimum absolute atomic E-state index is 0.191. The van der Waals surface area contributed by atoms with Crippen LogP contribution in [0.1, 0.15) is 19.4 Å². The molecule has 4 aromatic rings. The lowest BCUT2D eigenvalue weighted by molar-refractivity contribution is 0.513. The zero-order valence-corrected chi connectivity index (χ0v) is 16.3. The van der Waals surface area contributed by atoms with Crippen LogP contribution < -0.4 is 11.0 Å². The van der Waals surface area contributed by atoms with E-state index in [2.05, 4.69) is 13.8 Å². The van der Waals surface area contributed by atoms with Crippen molar-refractivity contribution in [3.8, 4) is 11.4 Å². The third-order valence-electron chi connectivity index (χ3n) is 4.64. The van der Waals surface area contributed by atoms with Crippen molar-refractivity contribution in [3.05, 3.63) is 74.7 Å². The largest absolute Gasteiger partial charge is 0.292 e. The van der Waals surface area contributed by atoms with Crippen molar-refractivity contribution in [2.75, 3.05) is 0 Å². The molecular weight excluding hydrogens is 356 g/mol. The summed E-state index contributed by atoms with van der Waals surface area (Å²) in [5.41, 5.74) is 1.49. The van der Waals surface area contributed by atoms with E-state index in [1.807, 2.05) is 49.4 Å². The van der Waals surface area contributed by atoms with Gasteiger partial charge in [0.25, 0.3) is 5.56 Å². The zero-order chi connectivity index (χ0) is 19.1. The molecule has 0 bridgehead atoms. The third kappa shape index (κ3) is 2.98. The predicted molar refractivity (Wildman–Crippen MR) is 113 cm³/mol. The van der Waals surface area contributed by atoms with Crippen molar-refractivity contribution in [2.45, 2.75) is 27.3 Å². The molecule has 0 atom stereocenters. The molecule has 136 valence electrons. The molecule has 0 unspecified atom stereocenters. The first kappa shape index (κ1) is 17.6. The Morgan fingerprint density at radius 3 is 2.48 bits per heavy atom. The number of aromatic nitrogens is 2. The molecule has 0 aliphatic carbocycles. The first-order chi connectivity index (χ1) is 13.0. The van der Waals surface area contributed by atoms with E-state index in [0.29, 0.717) is 22.6 Å². The molecule has 0 aliphatic rings. The Kier molecular flexibility index (Phi) is 4.40. The van der Waals surface area contributed by atoms with Crippen LogP contribution in [0, 0.1) is 12.8 Å². The summed E-state index contributed by atoms with van der Waals surface area (Å²) in [6, 6.07) is 15.3. The van der Waals surface area contributed by atoms with Crippen LogP contribution in [0.5, 0.6) is 0 Å². The molecule has 2 heterocycles. The fraction of sp³-hybridized carbons (Fsp3) is 0.227. The fourth-order valence-electron chi connectivity index (χ4n) is 3.35. The van der Waals surface area contributed by atoms with Gasteiger partial charge in [0.15, 0.2) is 0 Å². The number of benzene rings is 2. The number of rotatable bonds is 3. The Morgan fingerprint density at radius 1 is 1.04 bits per heavy atom. The Hall–Kier alpha value is -2.79. The van der Waals surface area contributed by atoms with Gasteiger partial charge in [-0.3, -0.25) is 14.2 Å². The molecule has 0 saturated heterocycles. The minimum Gasteiger partial charge on any atom is -0.292 e. The molecule has 2 aromatic heterocycles. The average Bonchev–Trinajstić information content (AvgIpc) is 2.64. The van der Waals surface area contributed by atoms with Gasteiger partial charge in [0.05, 0.1) is 0 Å². The standard InChI is InChI=1S/C22H20N2O2S/c1-13(2)12-24-20(15-9-5-4-8-14(15)3)23-21-18(22(24)26)19(25)16-10-6-7-11-17(16)27-21/h4-11,13H,12H2,1-3H3. The van der Waals surface area contributed by atoms with Gasteiger partial charge in [0.2, 0.25) is 5.43 Å². The summed E-state index contributed by atoms with van der Waals surface area (Å²) < 4.78 is 2.51. The maximum atomic E-state index is 13.4. The van der Waals surface area contributed by atoms with E-state index in [-0.39, 0.29) is 22.3 Å². The van der Waals surface area contributed by atoms with Gasteiger partial charge in [-0.05, 0) is 30.5 Å². The maximum Gasteiger partial charge on any atom is 0.266 e. The lowest BCUT2D eigenvalue weighted by Gasteiger charge is -2.16. The summed E-state index contributed by atoms with van der Waals surface area (Å²) in [6.07, 6.45) is 0. The topological polar surface area (TPSA) is 52.0 Å². The van der Waals surface area contributed by atoms with Crippen molar-refractivity contribution in [3.63, 3.8) is 0 Å². The fourth-order valence-corrected chi connectivity index (χ4v) is 4.39. The normalized spacial score (nSPS) is 11.6. The zero-order valence-electron chi connectivity index (χ0n) is 15.5. The lowest BCUT2D eigenvalue weighted by Crippen LogP contribution is -2.29. The van der Waals surface area contributed by atoms with E-state index >= 15 is 0 Å². The monoisotopic (exact) mass is 376 g/mol. The molecule has 0 aliphatic heterocycles. The summed E-state index contributed by atoms with van der Waals surface area (Å²) in [4.78, 5) is 31.7. The van der Waals surface area contributed by atoms with E-state index in [9.17, 15) is 9.59 Å². The Morgan fingerprint density at radius 2 is 1.74 bits per heavy atom. The summed E-state index contributed by atoms with van der Waals surface area (Å²) >= 11 is 1.40. The second-order valence-corrected chi connectivity index (χ2v) is 8.20. The highest BCUT2D eigenvalue weighted by molar-refractivity contribution is 7.24. The molecule has 0 N–H and O–H groups in total. The highest BCUT2D eigenvalue weighted by Crippen LogP contribution is 2.26. The van der Waals surface area contributed by atoms with Crippen LogP contribution in [0.15, 0.2) is 58.1 Å². The van der Waals surface area contributed by atoms with E-state index in [0.717, 1.165) is 15.8 Å². The smallest absolute Gasteiger partial charge is 0.266 e. The van der Waals surface area contributed by atoms with Crippen molar-refractivity contribution in [2.24, 2.45) is 5.92 Å². The number of aryl methyl sites for hydroxylation is 1. The van der Waals surface area contributed by atoms with Gasteiger partial charge < -0.3 is 0 Å².